The van der Waals surface area contributed by atoms with Gasteiger partial charge in [0.15, 0.2) is 0 Å². The van der Waals surface area contributed by atoms with Crippen molar-refractivity contribution in [2.45, 2.75) is 12.8 Å². The molecule has 0 saturated heterocycles. The maximum atomic E-state index is 5.63. The van der Waals surface area contributed by atoms with Gasteiger partial charge in [0, 0.05) is 16.8 Å². The molecule has 0 bridgehead atoms. The SMILES string of the molecule is COc1cc(Br)ccc1-c1nnc(CCCCl)o1. The van der Waals surface area contributed by atoms with Crippen molar-refractivity contribution in [3.8, 4) is 17.2 Å². The normalized spacial score (nSPS) is 10.6. The van der Waals surface area contributed by atoms with E-state index >= 15 is 0 Å². The van der Waals surface area contributed by atoms with E-state index in [2.05, 4.69) is 26.1 Å². The number of aryl methyl sites for hydroxylation is 1. The van der Waals surface area contributed by atoms with E-state index in [0.717, 1.165) is 16.5 Å². The van der Waals surface area contributed by atoms with E-state index in [0.29, 0.717) is 29.8 Å². The molecule has 1 aromatic heterocycles. The Labute approximate surface area is 118 Å². The highest BCUT2D eigenvalue weighted by atomic mass is 79.9. The van der Waals surface area contributed by atoms with Crippen molar-refractivity contribution < 1.29 is 9.15 Å². The van der Waals surface area contributed by atoms with Crippen LogP contribution < -0.4 is 4.74 Å². The number of aromatic nitrogens is 2. The maximum Gasteiger partial charge on any atom is 0.251 e. The molecule has 0 aliphatic rings. The minimum Gasteiger partial charge on any atom is -0.496 e. The molecule has 0 unspecified atom stereocenters. The van der Waals surface area contributed by atoms with Crippen LogP contribution in [0.5, 0.6) is 5.75 Å². The molecule has 4 nitrogen and oxygen atoms in total. The van der Waals surface area contributed by atoms with Crippen LogP contribution in [0, 0.1) is 0 Å². The molecule has 0 fully saturated rings. The van der Waals surface area contributed by atoms with E-state index in [9.17, 15) is 0 Å². The summed E-state index contributed by atoms with van der Waals surface area (Å²) in [5.41, 5.74) is 0.783. The molecule has 0 atom stereocenters. The highest BCUT2D eigenvalue weighted by Crippen LogP contribution is 2.31. The van der Waals surface area contributed by atoms with Gasteiger partial charge in [-0.15, -0.1) is 21.8 Å². The number of methoxy groups -OCH3 is 1. The third-order valence-corrected chi connectivity index (χ3v) is 3.15. The first-order valence-corrected chi connectivity index (χ1v) is 6.79. The molecule has 1 aromatic carbocycles. The summed E-state index contributed by atoms with van der Waals surface area (Å²) in [5, 5.41) is 8.01. The van der Waals surface area contributed by atoms with Crippen molar-refractivity contribution in [2.75, 3.05) is 13.0 Å². The standard InChI is InChI=1S/C12H12BrClN2O2/c1-17-10-7-8(13)4-5-9(10)12-16-15-11(18-12)3-2-6-14/h4-5,7H,2-3,6H2,1H3. The van der Waals surface area contributed by atoms with Crippen molar-refractivity contribution in [3.05, 3.63) is 28.6 Å². The van der Waals surface area contributed by atoms with Gasteiger partial charge in [-0.1, -0.05) is 15.9 Å². The molecule has 96 valence electrons. The Hall–Kier alpha value is -1.07. The van der Waals surface area contributed by atoms with Crippen LogP contribution >= 0.6 is 27.5 Å². The number of halogens is 2. The van der Waals surface area contributed by atoms with Crippen LogP contribution in [0.3, 0.4) is 0 Å². The summed E-state index contributed by atoms with van der Waals surface area (Å²) in [4.78, 5) is 0. The zero-order valence-electron chi connectivity index (χ0n) is 9.82. The average Bonchev–Trinajstić information content (AvgIpc) is 2.84. The Kier molecular flexibility index (Phi) is 4.60. The monoisotopic (exact) mass is 330 g/mol. The topological polar surface area (TPSA) is 48.2 Å². The maximum absolute atomic E-state index is 5.63. The highest BCUT2D eigenvalue weighted by Gasteiger charge is 2.13. The minimum atomic E-state index is 0.462. The van der Waals surface area contributed by atoms with Crippen LogP contribution in [-0.2, 0) is 6.42 Å². The summed E-state index contributed by atoms with van der Waals surface area (Å²) in [6, 6.07) is 5.64. The number of alkyl halides is 1. The number of hydrogen-bond donors (Lipinski definition) is 0. The van der Waals surface area contributed by atoms with Crippen molar-refractivity contribution in [1.29, 1.82) is 0 Å². The largest absolute Gasteiger partial charge is 0.496 e. The molecular weight excluding hydrogens is 320 g/mol. The van der Waals surface area contributed by atoms with Gasteiger partial charge in [-0.05, 0) is 24.6 Å². The summed E-state index contributed by atoms with van der Waals surface area (Å²) in [7, 11) is 1.61. The summed E-state index contributed by atoms with van der Waals surface area (Å²) in [6.45, 7) is 0. The number of benzene rings is 1. The summed E-state index contributed by atoms with van der Waals surface area (Å²) < 4.78 is 11.8. The molecular formula is C12H12BrClN2O2. The van der Waals surface area contributed by atoms with Crippen molar-refractivity contribution in [1.82, 2.24) is 10.2 Å². The minimum absolute atomic E-state index is 0.462. The third-order valence-electron chi connectivity index (χ3n) is 2.39. The lowest BCUT2D eigenvalue weighted by atomic mass is 10.2. The van der Waals surface area contributed by atoms with Crippen LogP contribution in [-0.4, -0.2) is 23.2 Å². The fourth-order valence-corrected chi connectivity index (χ4v) is 2.00. The molecule has 0 radical (unpaired) electrons. The lowest BCUT2D eigenvalue weighted by molar-refractivity contribution is 0.413. The molecule has 0 aliphatic heterocycles. The highest BCUT2D eigenvalue weighted by molar-refractivity contribution is 9.10. The molecule has 2 rings (SSSR count). The van der Waals surface area contributed by atoms with Gasteiger partial charge >= 0.3 is 0 Å². The predicted molar refractivity (Wildman–Crippen MR) is 73.0 cm³/mol. The summed E-state index contributed by atoms with van der Waals surface area (Å²) in [5.74, 6) is 2.33. The van der Waals surface area contributed by atoms with Crippen molar-refractivity contribution >= 4 is 27.5 Å². The first-order chi connectivity index (χ1) is 8.74. The van der Waals surface area contributed by atoms with Crippen LogP contribution in [0.25, 0.3) is 11.5 Å². The first-order valence-electron chi connectivity index (χ1n) is 5.47. The molecule has 0 saturated carbocycles. The number of ether oxygens (including phenoxy) is 1. The molecule has 6 heteroatoms. The molecule has 0 spiro atoms. The van der Waals surface area contributed by atoms with E-state index in [-0.39, 0.29) is 0 Å². The van der Waals surface area contributed by atoms with Gasteiger partial charge < -0.3 is 9.15 Å². The number of hydrogen-bond acceptors (Lipinski definition) is 4. The fraction of sp³-hybridized carbons (Fsp3) is 0.333. The van der Waals surface area contributed by atoms with Gasteiger partial charge in [-0.2, -0.15) is 0 Å². The van der Waals surface area contributed by atoms with Crippen LogP contribution in [0.1, 0.15) is 12.3 Å². The Bertz CT molecular complexity index is 531. The zero-order chi connectivity index (χ0) is 13.0. The van der Waals surface area contributed by atoms with Crippen LogP contribution in [0.15, 0.2) is 27.1 Å². The van der Waals surface area contributed by atoms with E-state index in [1.807, 2.05) is 18.2 Å². The van der Waals surface area contributed by atoms with Gasteiger partial charge in [0.1, 0.15) is 5.75 Å². The second-order valence-corrected chi connectivity index (χ2v) is 4.93. The Morgan fingerprint density at radius 2 is 2.22 bits per heavy atom. The Morgan fingerprint density at radius 3 is 2.94 bits per heavy atom. The molecule has 1 heterocycles. The second-order valence-electron chi connectivity index (χ2n) is 3.64. The van der Waals surface area contributed by atoms with Crippen molar-refractivity contribution in [3.63, 3.8) is 0 Å². The molecule has 0 amide bonds. The summed E-state index contributed by atoms with van der Waals surface area (Å²) >= 11 is 9.01. The Morgan fingerprint density at radius 1 is 1.39 bits per heavy atom. The van der Waals surface area contributed by atoms with E-state index in [4.69, 9.17) is 20.8 Å². The van der Waals surface area contributed by atoms with Crippen LogP contribution in [0.4, 0.5) is 0 Å². The predicted octanol–water partition coefficient (Wildman–Crippen LogP) is 3.68. The fourth-order valence-electron chi connectivity index (χ4n) is 1.52. The average molecular weight is 332 g/mol. The summed E-state index contributed by atoms with van der Waals surface area (Å²) in [6.07, 6.45) is 1.51. The molecule has 0 N–H and O–H groups in total. The van der Waals surface area contributed by atoms with E-state index < -0.39 is 0 Å². The first kappa shape index (κ1) is 13.4. The van der Waals surface area contributed by atoms with Crippen molar-refractivity contribution in [2.24, 2.45) is 0 Å². The molecule has 18 heavy (non-hydrogen) atoms. The second kappa shape index (κ2) is 6.20. The zero-order valence-corrected chi connectivity index (χ0v) is 12.2. The lowest BCUT2D eigenvalue weighted by Crippen LogP contribution is -1.88. The number of rotatable bonds is 5. The van der Waals surface area contributed by atoms with Gasteiger partial charge in [0.2, 0.25) is 5.89 Å². The van der Waals surface area contributed by atoms with Gasteiger partial charge in [-0.3, -0.25) is 0 Å². The quantitative estimate of drug-likeness (QED) is 0.784. The smallest absolute Gasteiger partial charge is 0.251 e. The van der Waals surface area contributed by atoms with E-state index in [1.54, 1.807) is 7.11 Å². The van der Waals surface area contributed by atoms with E-state index in [1.165, 1.54) is 0 Å². The number of nitrogens with zero attached hydrogens (tertiary/aromatic N) is 2. The van der Waals surface area contributed by atoms with Gasteiger partial charge in [0.05, 0.1) is 12.7 Å². The van der Waals surface area contributed by atoms with Crippen LogP contribution in [0.2, 0.25) is 0 Å². The van der Waals surface area contributed by atoms with Gasteiger partial charge in [-0.25, -0.2) is 0 Å². The molecule has 2 aromatic rings. The molecule has 0 aliphatic carbocycles. The third kappa shape index (κ3) is 3.03. The Balaban J connectivity index is 2.28. The van der Waals surface area contributed by atoms with Gasteiger partial charge in [0.25, 0.3) is 5.89 Å². The lowest BCUT2D eigenvalue weighted by Gasteiger charge is -2.04.